The van der Waals surface area contributed by atoms with Gasteiger partial charge in [0, 0.05) is 19.4 Å². The van der Waals surface area contributed by atoms with Crippen LogP contribution in [-0.2, 0) is 11.5 Å². The van der Waals surface area contributed by atoms with Crippen LogP contribution in [0, 0.1) is 0 Å². The fourth-order valence-electron chi connectivity index (χ4n) is 0.525. The van der Waals surface area contributed by atoms with Gasteiger partial charge < -0.3 is 4.57 Å². The Hall–Kier alpha value is -0.0600. The molecule has 1 rings (SSSR count). The van der Waals surface area contributed by atoms with E-state index < -0.39 is 0 Å². The number of imidazole rings is 1. The summed E-state index contributed by atoms with van der Waals surface area (Å²) in [7, 11) is 2.00. The second kappa shape index (κ2) is 2.48. The van der Waals surface area contributed by atoms with Crippen LogP contribution in [0.2, 0.25) is 0 Å². The van der Waals surface area contributed by atoms with Gasteiger partial charge in [0.15, 0.2) is 0 Å². The van der Waals surface area contributed by atoms with Crippen molar-refractivity contribution in [3.8, 4) is 0 Å². The summed E-state index contributed by atoms with van der Waals surface area (Å²) in [6.07, 6.45) is 3.77. The van der Waals surface area contributed by atoms with Crippen LogP contribution in [-0.4, -0.2) is 9.55 Å². The van der Waals surface area contributed by atoms with E-state index in [9.17, 15) is 0 Å². The van der Waals surface area contributed by atoms with Gasteiger partial charge >= 0.3 is 0 Å². The maximum Gasteiger partial charge on any atom is 0.118 e. The van der Waals surface area contributed by atoms with Gasteiger partial charge in [-0.3, -0.25) is 0 Å². The molecular weight excluding hydrogens is 215 g/mol. The number of aromatic nitrogens is 2. The molecule has 0 saturated carbocycles. The van der Waals surface area contributed by atoms with E-state index in [-0.39, 0.29) is 0 Å². The number of hydrogen-bond acceptors (Lipinski definition) is 1. The number of halogens is 1. The zero-order valence-corrected chi connectivity index (χ0v) is 6.79. The standard InChI is InChI=1S/C5H7IN2/c1-8-3-2-7-5(8)4-6/h2-3H,4H2,1H3. The second-order valence-corrected chi connectivity index (χ2v) is 2.35. The molecule has 0 N–H and O–H groups in total. The van der Waals surface area contributed by atoms with E-state index in [0.717, 1.165) is 10.3 Å². The fraction of sp³-hybridized carbons (Fsp3) is 0.400. The van der Waals surface area contributed by atoms with E-state index in [4.69, 9.17) is 0 Å². The molecule has 0 aromatic carbocycles. The monoisotopic (exact) mass is 222 g/mol. The largest absolute Gasteiger partial charge is 0.337 e. The van der Waals surface area contributed by atoms with E-state index in [2.05, 4.69) is 27.6 Å². The molecule has 8 heavy (non-hydrogen) atoms. The van der Waals surface area contributed by atoms with Crippen molar-refractivity contribution in [2.24, 2.45) is 7.05 Å². The third kappa shape index (κ3) is 1.02. The highest BCUT2D eigenvalue weighted by Crippen LogP contribution is 1.99. The average Bonchev–Trinajstić information content (AvgIpc) is 2.14. The zero-order valence-electron chi connectivity index (χ0n) is 4.63. The lowest BCUT2D eigenvalue weighted by atomic mass is 10.7. The Kier molecular flexibility index (Phi) is 1.88. The van der Waals surface area contributed by atoms with Gasteiger partial charge in [-0.25, -0.2) is 4.98 Å². The molecule has 0 spiro atoms. The summed E-state index contributed by atoms with van der Waals surface area (Å²) in [5, 5.41) is 0. The Bertz CT molecular complexity index is 171. The first-order valence-electron chi connectivity index (χ1n) is 2.36. The van der Waals surface area contributed by atoms with Crippen molar-refractivity contribution in [2.45, 2.75) is 4.43 Å². The predicted molar refractivity (Wildman–Crippen MR) is 40.9 cm³/mol. The summed E-state index contributed by atoms with van der Waals surface area (Å²) < 4.78 is 3.01. The Labute approximate surface area is 62.1 Å². The highest BCUT2D eigenvalue weighted by Gasteiger charge is 1.91. The van der Waals surface area contributed by atoms with Crippen molar-refractivity contribution < 1.29 is 0 Å². The third-order valence-electron chi connectivity index (χ3n) is 1.04. The van der Waals surface area contributed by atoms with Crippen LogP contribution >= 0.6 is 22.6 Å². The van der Waals surface area contributed by atoms with Crippen LogP contribution in [0.4, 0.5) is 0 Å². The highest BCUT2D eigenvalue weighted by atomic mass is 127. The van der Waals surface area contributed by atoms with Crippen LogP contribution in [0.1, 0.15) is 5.82 Å². The molecule has 3 heteroatoms. The van der Waals surface area contributed by atoms with E-state index in [1.807, 2.05) is 24.0 Å². The summed E-state index contributed by atoms with van der Waals surface area (Å²) in [4.78, 5) is 4.09. The molecular formula is C5H7IN2. The summed E-state index contributed by atoms with van der Waals surface area (Å²) in [5.74, 6) is 1.13. The first kappa shape index (κ1) is 6.07. The number of aryl methyl sites for hydroxylation is 1. The molecule has 0 atom stereocenters. The number of alkyl halides is 1. The van der Waals surface area contributed by atoms with Gasteiger partial charge in [-0.2, -0.15) is 0 Å². The summed E-state index contributed by atoms with van der Waals surface area (Å²) in [5.41, 5.74) is 0. The van der Waals surface area contributed by atoms with Crippen LogP contribution in [0.5, 0.6) is 0 Å². The molecule has 0 radical (unpaired) electrons. The minimum Gasteiger partial charge on any atom is -0.337 e. The van der Waals surface area contributed by atoms with Crippen molar-refractivity contribution in [2.75, 3.05) is 0 Å². The van der Waals surface area contributed by atoms with Crippen LogP contribution in [0.3, 0.4) is 0 Å². The quantitative estimate of drug-likeness (QED) is 0.518. The molecule has 2 nitrogen and oxygen atoms in total. The van der Waals surface area contributed by atoms with Gasteiger partial charge in [0.25, 0.3) is 0 Å². The maximum atomic E-state index is 4.09. The summed E-state index contributed by atoms with van der Waals surface area (Å²) >= 11 is 2.29. The second-order valence-electron chi connectivity index (χ2n) is 1.59. The molecule has 1 aromatic rings. The molecule has 0 aliphatic carbocycles. The van der Waals surface area contributed by atoms with Crippen molar-refractivity contribution in [1.82, 2.24) is 9.55 Å². The normalized spacial score (nSPS) is 9.75. The van der Waals surface area contributed by atoms with Crippen molar-refractivity contribution in [3.63, 3.8) is 0 Å². The molecule has 44 valence electrons. The van der Waals surface area contributed by atoms with Gasteiger partial charge in [-0.05, 0) is 0 Å². The maximum absolute atomic E-state index is 4.09. The Balaban J connectivity index is 2.92. The average molecular weight is 222 g/mol. The summed E-state index contributed by atoms with van der Waals surface area (Å²) in [6.45, 7) is 0. The minimum atomic E-state index is 0.987. The zero-order chi connectivity index (χ0) is 5.98. The molecule has 0 saturated heterocycles. The topological polar surface area (TPSA) is 17.8 Å². The van der Waals surface area contributed by atoms with Crippen molar-refractivity contribution in [1.29, 1.82) is 0 Å². The molecule has 0 bridgehead atoms. The fourth-order valence-corrected chi connectivity index (χ4v) is 1.26. The first-order chi connectivity index (χ1) is 3.84. The number of rotatable bonds is 1. The van der Waals surface area contributed by atoms with Crippen molar-refractivity contribution in [3.05, 3.63) is 18.2 Å². The lowest BCUT2D eigenvalue weighted by Gasteiger charge is -1.91. The Morgan fingerprint density at radius 1 is 1.88 bits per heavy atom. The molecule has 1 heterocycles. The van der Waals surface area contributed by atoms with E-state index in [1.54, 1.807) is 0 Å². The van der Waals surface area contributed by atoms with Crippen LogP contribution < -0.4 is 0 Å². The minimum absolute atomic E-state index is 0.987. The van der Waals surface area contributed by atoms with Gasteiger partial charge in [0.1, 0.15) is 5.82 Å². The Morgan fingerprint density at radius 3 is 2.88 bits per heavy atom. The van der Waals surface area contributed by atoms with Crippen LogP contribution in [0.15, 0.2) is 12.4 Å². The highest BCUT2D eigenvalue weighted by molar-refractivity contribution is 14.1. The Morgan fingerprint density at radius 2 is 2.62 bits per heavy atom. The smallest absolute Gasteiger partial charge is 0.118 e. The van der Waals surface area contributed by atoms with E-state index in [0.29, 0.717) is 0 Å². The first-order valence-corrected chi connectivity index (χ1v) is 3.89. The molecule has 0 fully saturated rings. The lowest BCUT2D eigenvalue weighted by Crippen LogP contribution is -1.91. The SMILES string of the molecule is Cn1ccnc1CI. The summed E-state index contributed by atoms with van der Waals surface area (Å²) in [6, 6.07) is 0. The van der Waals surface area contributed by atoms with E-state index >= 15 is 0 Å². The number of hydrogen-bond donors (Lipinski definition) is 0. The van der Waals surface area contributed by atoms with Crippen LogP contribution in [0.25, 0.3) is 0 Å². The van der Waals surface area contributed by atoms with Gasteiger partial charge in [0.05, 0.1) is 4.43 Å². The molecule has 0 amide bonds. The predicted octanol–water partition coefficient (Wildman–Crippen LogP) is 1.36. The molecule has 0 aliphatic rings. The molecule has 1 aromatic heterocycles. The number of nitrogens with zero attached hydrogens (tertiary/aromatic N) is 2. The van der Waals surface area contributed by atoms with E-state index in [1.165, 1.54) is 0 Å². The molecule has 0 unspecified atom stereocenters. The van der Waals surface area contributed by atoms with Crippen molar-refractivity contribution >= 4 is 22.6 Å². The van der Waals surface area contributed by atoms with Gasteiger partial charge in [0.2, 0.25) is 0 Å². The third-order valence-corrected chi connectivity index (χ3v) is 1.72. The lowest BCUT2D eigenvalue weighted by molar-refractivity contribution is 0.855. The molecule has 0 aliphatic heterocycles. The van der Waals surface area contributed by atoms with Gasteiger partial charge in [-0.1, -0.05) is 22.6 Å². The van der Waals surface area contributed by atoms with Gasteiger partial charge in [-0.15, -0.1) is 0 Å².